The molecular weight excluding hydrogens is 448 g/mol. The lowest BCUT2D eigenvalue weighted by atomic mass is 10.0. The molecule has 0 aliphatic carbocycles. The van der Waals surface area contributed by atoms with Crippen molar-refractivity contribution < 1.29 is 9.72 Å². The summed E-state index contributed by atoms with van der Waals surface area (Å²) in [7, 11) is 0. The van der Waals surface area contributed by atoms with Crippen molar-refractivity contribution in [3.8, 4) is 11.1 Å². The van der Waals surface area contributed by atoms with Crippen LogP contribution in [-0.4, -0.2) is 22.0 Å². The maximum atomic E-state index is 12.9. The first-order valence-electron chi connectivity index (χ1n) is 8.97. The molecule has 1 heterocycles. The van der Waals surface area contributed by atoms with Gasteiger partial charge in [-0.2, -0.15) is 5.10 Å². The number of hydrogen-bond acceptors (Lipinski definition) is 4. The Morgan fingerprint density at radius 2 is 1.80 bits per heavy atom. The molecule has 0 aliphatic heterocycles. The molecule has 4 rings (SSSR count). The first-order chi connectivity index (χ1) is 14.5. The number of aromatic nitrogens is 1. The second kappa shape index (κ2) is 8.30. The van der Waals surface area contributed by atoms with Crippen molar-refractivity contribution >= 4 is 44.6 Å². The molecule has 1 amide bonds. The summed E-state index contributed by atoms with van der Waals surface area (Å²) in [6, 6.07) is 21.3. The zero-order chi connectivity index (χ0) is 21.1. The normalized spacial score (nSPS) is 11.1. The second-order valence-corrected chi connectivity index (χ2v) is 7.39. The second-order valence-electron chi connectivity index (χ2n) is 6.48. The van der Waals surface area contributed by atoms with Gasteiger partial charge in [0.25, 0.3) is 11.6 Å². The van der Waals surface area contributed by atoms with E-state index in [9.17, 15) is 14.9 Å². The Hall–Kier alpha value is -3.78. The Balaban J connectivity index is 1.64. The van der Waals surface area contributed by atoms with E-state index in [0.717, 1.165) is 26.5 Å². The van der Waals surface area contributed by atoms with Crippen LogP contribution in [0, 0.1) is 10.1 Å². The summed E-state index contributed by atoms with van der Waals surface area (Å²) in [5, 5.41) is 15.6. The maximum Gasteiger partial charge on any atom is 0.288 e. The highest BCUT2D eigenvalue weighted by Gasteiger charge is 2.19. The topological polar surface area (TPSA) is 100 Å². The number of non-ortho nitro benzene ring substituents is 1. The van der Waals surface area contributed by atoms with Gasteiger partial charge in [0.15, 0.2) is 0 Å². The Kier molecular flexibility index (Phi) is 5.40. The number of carbonyl (C=O) groups is 1. The lowest BCUT2D eigenvalue weighted by Crippen LogP contribution is -2.18. The number of nitro benzene ring substituents is 1. The summed E-state index contributed by atoms with van der Waals surface area (Å²) in [4.78, 5) is 26.3. The van der Waals surface area contributed by atoms with E-state index >= 15 is 0 Å². The molecular formula is C22H15BrN4O3. The van der Waals surface area contributed by atoms with Crippen molar-refractivity contribution in [2.45, 2.75) is 0 Å². The van der Waals surface area contributed by atoms with Gasteiger partial charge in [0.1, 0.15) is 5.69 Å². The molecule has 3 aromatic carbocycles. The van der Waals surface area contributed by atoms with Crippen molar-refractivity contribution in [1.82, 2.24) is 10.4 Å². The highest BCUT2D eigenvalue weighted by atomic mass is 79.9. The molecule has 0 aliphatic rings. The minimum absolute atomic E-state index is 0.00655. The predicted molar refractivity (Wildman–Crippen MR) is 120 cm³/mol. The fraction of sp³-hybridized carbons (Fsp3) is 0. The molecule has 0 spiro atoms. The Morgan fingerprint density at radius 1 is 1.07 bits per heavy atom. The number of aromatic amines is 1. The van der Waals surface area contributed by atoms with Crippen LogP contribution in [0.15, 0.2) is 82.4 Å². The molecule has 7 nitrogen and oxygen atoms in total. The lowest BCUT2D eigenvalue weighted by Gasteiger charge is -2.04. The number of rotatable bonds is 5. The van der Waals surface area contributed by atoms with Crippen molar-refractivity contribution in [3.63, 3.8) is 0 Å². The summed E-state index contributed by atoms with van der Waals surface area (Å²) < 4.78 is 0.911. The minimum Gasteiger partial charge on any atom is -0.350 e. The molecule has 0 atom stereocenters. The first-order valence-corrected chi connectivity index (χ1v) is 9.77. The van der Waals surface area contributed by atoms with Gasteiger partial charge in [0, 0.05) is 33.1 Å². The van der Waals surface area contributed by atoms with Gasteiger partial charge in [-0.05, 0) is 41.5 Å². The van der Waals surface area contributed by atoms with Gasteiger partial charge in [0.2, 0.25) is 0 Å². The molecule has 0 radical (unpaired) electrons. The zero-order valence-electron chi connectivity index (χ0n) is 15.5. The first kappa shape index (κ1) is 19.5. The summed E-state index contributed by atoms with van der Waals surface area (Å²) in [6.07, 6.45) is 1.43. The van der Waals surface area contributed by atoms with Crippen molar-refractivity contribution in [2.24, 2.45) is 5.10 Å². The standard InChI is InChI=1S/C22H15BrN4O3/c23-16-8-11-19-18(12-16)20(15-4-2-1-3-5-15)21(25-19)22(28)26-24-13-14-6-9-17(10-7-14)27(29)30/h1-13,25H,(H,26,28)/b24-13+. The third-order valence-corrected chi connectivity index (χ3v) is 5.03. The summed E-state index contributed by atoms with van der Waals surface area (Å²) in [6.45, 7) is 0. The maximum absolute atomic E-state index is 12.9. The van der Waals surface area contributed by atoms with Crippen LogP contribution in [0.1, 0.15) is 16.1 Å². The molecule has 0 saturated carbocycles. The highest BCUT2D eigenvalue weighted by Crippen LogP contribution is 2.34. The quantitative estimate of drug-likeness (QED) is 0.240. The van der Waals surface area contributed by atoms with Crippen LogP contribution < -0.4 is 5.43 Å². The predicted octanol–water partition coefficient (Wildman–Crippen LogP) is 5.27. The van der Waals surface area contributed by atoms with Crippen LogP contribution in [0.25, 0.3) is 22.0 Å². The molecule has 2 N–H and O–H groups in total. The Morgan fingerprint density at radius 3 is 2.50 bits per heavy atom. The van der Waals surface area contributed by atoms with E-state index in [1.807, 2.05) is 48.5 Å². The van der Waals surface area contributed by atoms with Crippen molar-refractivity contribution in [1.29, 1.82) is 0 Å². The molecule has 0 bridgehead atoms. The summed E-state index contributed by atoms with van der Waals surface area (Å²) in [5.41, 5.74) is 6.08. The summed E-state index contributed by atoms with van der Waals surface area (Å²) in [5.74, 6) is -0.390. The number of H-pyrrole nitrogens is 1. The van der Waals surface area contributed by atoms with Gasteiger partial charge in [-0.1, -0.05) is 46.3 Å². The average Bonchev–Trinajstić information content (AvgIpc) is 3.13. The fourth-order valence-electron chi connectivity index (χ4n) is 3.14. The Bertz CT molecular complexity index is 1270. The van der Waals surface area contributed by atoms with Crippen LogP contribution in [0.4, 0.5) is 5.69 Å². The van der Waals surface area contributed by atoms with E-state index in [-0.39, 0.29) is 11.6 Å². The number of carbonyl (C=O) groups excluding carboxylic acids is 1. The van der Waals surface area contributed by atoms with Crippen LogP contribution >= 0.6 is 15.9 Å². The number of nitrogens with one attached hydrogen (secondary N) is 2. The monoisotopic (exact) mass is 462 g/mol. The number of fused-ring (bicyclic) bond motifs is 1. The lowest BCUT2D eigenvalue weighted by molar-refractivity contribution is -0.384. The Labute approximate surface area is 179 Å². The van der Waals surface area contributed by atoms with Gasteiger partial charge in [0.05, 0.1) is 11.1 Å². The van der Waals surface area contributed by atoms with Gasteiger partial charge in [-0.25, -0.2) is 5.43 Å². The minimum atomic E-state index is -0.470. The number of amides is 1. The number of nitro groups is 1. The third-order valence-electron chi connectivity index (χ3n) is 4.53. The van der Waals surface area contributed by atoms with Gasteiger partial charge in [-0.15, -0.1) is 0 Å². The largest absolute Gasteiger partial charge is 0.350 e. The number of halogens is 1. The number of hydrazone groups is 1. The van der Waals surface area contributed by atoms with Gasteiger partial charge >= 0.3 is 0 Å². The molecule has 8 heteroatoms. The van der Waals surface area contributed by atoms with E-state index in [2.05, 4.69) is 31.4 Å². The number of benzene rings is 3. The van der Waals surface area contributed by atoms with Crippen LogP contribution in [-0.2, 0) is 0 Å². The highest BCUT2D eigenvalue weighted by molar-refractivity contribution is 9.10. The molecule has 0 unspecified atom stereocenters. The van der Waals surface area contributed by atoms with E-state index in [1.165, 1.54) is 18.3 Å². The van der Waals surface area contributed by atoms with Gasteiger partial charge < -0.3 is 4.98 Å². The van der Waals surface area contributed by atoms with Crippen LogP contribution in [0.2, 0.25) is 0 Å². The van der Waals surface area contributed by atoms with E-state index < -0.39 is 4.92 Å². The molecule has 1 aromatic heterocycles. The average molecular weight is 463 g/mol. The van der Waals surface area contributed by atoms with Crippen molar-refractivity contribution in [3.05, 3.63) is 98.6 Å². The van der Waals surface area contributed by atoms with E-state index in [1.54, 1.807) is 12.1 Å². The smallest absolute Gasteiger partial charge is 0.288 e. The molecule has 4 aromatic rings. The summed E-state index contributed by atoms with van der Waals surface area (Å²) >= 11 is 3.49. The van der Waals surface area contributed by atoms with Gasteiger partial charge in [-0.3, -0.25) is 14.9 Å². The number of hydrogen-bond donors (Lipinski definition) is 2. The molecule has 0 fully saturated rings. The van der Waals surface area contributed by atoms with Crippen LogP contribution in [0.3, 0.4) is 0 Å². The fourth-order valence-corrected chi connectivity index (χ4v) is 3.50. The molecule has 0 saturated heterocycles. The number of nitrogens with zero attached hydrogens (tertiary/aromatic N) is 2. The van der Waals surface area contributed by atoms with E-state index in [0.29, 0.717) is 11.3 Å². The molecule has 148 valence electrons. The molecule has 30 heavy (non-hydrogen) atoms. The third kappa shape index (κ3) is 3.99. The zero-order valence-corrected chi connectivity index (χ0v) is 17.1. The SMILES string of the molecule is O=C(N/N=C/c1ccc([N+](=O)[O-])cc1)c1[nH]c2ccc(Br)cc2c1-c1ccccc1. The van der Waals surface area contributed by atoms with Crippen LogP contribution in [0.5, 0.6) is 0 Å². The van der Waals surface area contributed by atoms with Crippen molar-refractivity contribution in [2.75, 3.05) is 0 Å². The van der Waals surface area contributed by atoms with E-state index in [4.69, 9.17) is 0 Å².